The minimum atomic E-state index is -0.289. The number of rotatable bonds is 7. The summed E-state index contributed by atoms with van der Waals surface area (Å²) in [4.78, 5) is 4.14. The molecule has 2 nitrogen and oxygen atoms in total. The van der Waals surface area contributed by atoms with Gasteiger partial charge < -0.3 is 5.32 Å². The first kappa shape index (κ1) is 13.8. The van der Waals surface area contributed by atoms with Crippen LogP contribution in [-0.4, -0.2) is 11.5 Å². The lowest BCUT2D eigenvalue weighted by atomic mass is 10.0. The molecule has 0 fully saturated rings. The zero-order valence-electron chi connectivity index (χ0n) is 10.7. The fourth-order valence-corrected chi connectivity index (χ4v) is 1.66. The zero-order chi connectivity index (χ0) is 12.7. The molecule has 3 heteroatoms. The van der Waals surface area contributed by atoms with Gasteiger partial charge >= 0.3 is 0 Å². The number of aromatic nitrogens is 1. The van der Waals surface area contributed by atoms with Crippen LogP contribution in [0.4, 0.5) is 4.39 Å². The number of hydrogen-bond acceptors (Lipinski definition) is 2. The van der Waals surface area contributed by atoms with Gasteiger partial charge in [0.2, 0.25) is 0 Å². The van der Waals surface area contributed by atoms with Gasteiger partial charge in [-0.25, -0.2) is 4.39 Å². The summed E-state index contributed by atoms with van der Waals surface area (Å²) in [6.45, 7) is 9.00. The van der Waals surface area contributed by atoms with Crippen molar-refractivity contribution in [2.45, 2.75) is 39.2 Å². The Morgan fingerprint density at radius 1 is 1.53 bits per heavy atom. The number of halogens is 1. The Kier molecular flexibility index (Phi) is 5.84. The van der Waals surface area contributed by atoms with Crippen molar-refractivity contribution in [3.05, 3.63) is 42.0 Å². The van der Waals surface area contributed by atoms with Crippen LogP contribution < -0.4 is 5.32 Å². The van der Waals surface area contributed by atoms with E-state index >= 15 is 0 Å². The van der Waals surface area contributed by atoms with Crippen LogP contribution in [0.15, 0.2) is 30.5 Å². The van der Waals surface area contributed by atoms with Crippen LogP contribution in [0.1, 0.15) is 44.8 Å². The lowest BCUT2D eigenvalue weighted by Crippen LogP contribution is -2.23. The molecule has 0 radical (unpaired) electrons. The number of nitrogens with zero attached hydrogens (tertiary/aromatic N) is 1. The van der Waals surface area contributed by atoms with E-state index in [2.05, 4.69) is 23.8 Å². The number of allylic oxidation sites excluding steroid dienone is 1. The molecule has 1 atom stereocenters. The van der Waals surface area contributed by atoms with Crippen molar-refractivity contribution in [2.24, 2.45) is 0 Å². The molecule has 1 heterocycles. The van der Waals surface area contributed by atoms with Crippen molar-refractivity contribution in [3.8, 4) is 0 Å². The molecule has 0 aliphatic carbocycles. The van der Waals surface area contributed by atoms with Crippen molar-refractivity contribution in [1.29, 1.82) is 0 Å². The Balaban J connectivity index is 2.67. The first-order valence-corrected chi connectivity index (χ1v) is 6.12. The van der Waals surface area contributed by atoms with Gasteiger partial charge in [-0.15, -0.1) is 6.58 Å². The summed E-state index contributed by atoms with van der Waals surface area (Å²) < 4.78 is 12.8. The Labute approximate surface area is 103 Å². The largest absolute Gasteiger partial charge is 0.309 e. The molecular weight excluding hydrogens is 215 g/mol. The highest BCUT2D eigenvalue weighted by atomic mass is 19.1. The molecule has 0 saturated carbocycles. The van der Waals surface area contributed by atoms with Crippen LogP contribution in [-0.2, 0) is 0 Å². The fraction of sp³-hybridized carbons (Fsp3) is 0.500. The molecule has 1 N–H and O–H groups in total. The second-order valence-electron chi connectivity index (χ2n) is 4.40. The highest BCUT2D eigenvalue weighted by Gasteiger charge is 2.11. The summed E-state index contributed by atoms with van der Waals surface area (Å²) in [5.74, 6) is -0.289. The normalized spacial score (nSPS) is 12.4. The van der Waals surface area contributed by atoms with E-state index < -0.39 is 0 Å². The lowest BCUT2D eigenvalue weighted by molar-refractivity contribution is 0.486. The van der Waals surface area contributed by atoms with Gasteiger partial charge in [0.1, 0.15) is 5.82 Å². The van der Waals surface area contributed by atoms with Gasteiger partial charge in [0.25, 0.3) is 0 Å². The molecule has 0 aromatic carbocycles. The highest BCUT2D eigenvalue weighted by molar-refractivity contribution is 5.10. The molecule has 0 bridgehead atoms. The van der Waals surface area contributed by atoms with Crippen molar-refractivity contribution < 1.29 is 4.39 Å². The third-order valence-electron chi connectivity index (χ3n) is 2.61. The summed E-state index contributed by atoms with van der Waals surface area (Å²) in [6, 6.07) is 3.40. The summed E-state index contributed by atoms with van der Waals surface area (Å²) >= 11 is 0. The van der Waals surface area contributed by atoms with Gasteiger partial charge in [-0.1, -0.05) is 12.5 Å². The Morgan fingerprint density at radius 3 is 2.82 bits per heavy atom. The van der Waals surface area contributed by atoms with Crippen molar-refractivity contribution in [3.63, 3.8) is 0 Å². The number of pyridine rings is 1. The maximum absolute atomic E-state index is 12.8. The van der Waals surface area contributed by atoms with Gasteiger partial charge in [-0.3, -0.25) is 4.98 Å². The molecule has 0 amide bonds. The third-order valence-corrected chi connectivity index (χ3v) is 2.61. The predicted molar refractivity (Wildman–Crippen MR) is 69.3 cm³/mol. The van der Waals surface area contributed by atoms with E-state index in [1.807, 2.05) is 6.92 Å². The van der Waals surface area contributed by atoms with E-state index in [0.717, 1.165) is 37.1 Å². The second kappa shape index (κ2) is 7.17. The number of nitrogens with one attached hydrogen (secondary N) is 1. The van der Waals surface area contributed by atoms with E-state index in [1.165, 1.54) is 12.3 Å². The Bertz CT molecular complexity index is 346. The van der Waals surface area contributed by atoms with Gasteiger partial charge in [0, 0.05) is 6.04 Å². The molecule has 1 unspecified atom stereocenters. The lowest BCUT2D eigenvalue weighted by Gasteiger charge is -2.18. The van der Waals surface area contributed by atoms with E-state index in [1.54, 1.807) is 6.07 Å². The van der Waals surface area contributed by atoms with Crippen molar-refractivity contribution >= 4 is 0 Å². The van der Waals surface area contributed by atoms with Crippen LogP contribution in [0, 0.1) is 5.82 Å². The minimum Gasteiger partial charge on any atom is -0.309 e. The minimum absolute atomic E-state index is 0.187. The molecule has 1 aromatic rings. The average Bonchev–Trinajstić information content (AvgIpc) is 2.30. The standard InChI is InChI=1S/C14H21FN2/c1-4-9-16-13(7-5-11(2)3)14-8-6-12(15)10-17-14/h6,8,10,13,16H,2,4-5,7,9H2,1,3H3. The molecule has 17 heavy (non-hydrogen) atoms. The van der Waals surface area contributed by atoms with Crippen molar-refractivity contribution in [2.75, 3.05) is 6.54 Å². The number of hydrogen-bond donors (Lipinski definition) is 1. The van der Waals surface area contributed by atoms with E-state index in [9.17, 15) is 4.39 Å². The van der Waals surface area contributed by atoms with Crippen LogP contribution in [0.25, 0.3) is 0 Å². The Morgan fingerprint density at radius 2 is 2.29 bits per heavy atom. The summed E-state index contributed by atoms with van der Waals surface area (Å²) in [5.41, 5.74) is 2.07. The molecule has 0 aliphatic heterocycles. The molecular formula is C14H21FN2. The van der Waals surface area contributed by atoms with Crippen LogP contribution in [0.2, 0.25) is 0 Å². The zero-order valence-corrected chi connectivity index (χ0v) is 10.7. The van der Waals surface area contributed by atoms with Crippen LogP contribution >= 0.6 is 0 Å². The van der Waals surface area contributed by atoms with E-state index in [0.29, 0.717) is 0 Å². The Hall–Kier alpha value is -1.22. The first-order valence-electron chi connectivity index (χ1n) is 6.12. The highest BCUT2D eigenvalue weighted by Crippen LogP contribution is 2.18. The fourth-order valence-electron chi connectivity index (χ4n) is 1.66. The molecule has 1 rings (SSSR count). The maximum Gasteiger partial charge on any atom is 0.141 e. The van der Waals surface area contributed by atoms with Crippen LogP contribution in [0.3, 0.4) is 0 Å². The molecule has 0 saturated heterocycles. The molecule has 1 aromatic heterocycles. The summed E-state index contributed by atoms with van der Waals surface area (Å²) in [7, 11) is 0. The molecule has 0 aliphatic rings. The van der Waals surface area contributed by atoms with Crippen molar-refractivity contribution in [1.82, 2.24) is 10.3 Å². The third kappa shape index (κ3) is 5.09. The summed E-state index contributed by atoms with van der Waals surface area (Å²) in [6.07, 6.45) is 4.26. The van der Waals surface area contributed by atoms with E-state index in [-0.39, 0.29) is 11.9 Å². The summed E-state index contributed by atoms with van der Waals surface area (Å²) in [5, 5.41) is 3.43. The monoisotopic (exact) mass is 236 g/mol. The smallest absolute Gasteiger partial charge is 0.141 e. The van der Waals surface area contributed by atoms with Gasteiger partial charge in [0.15, 0.2) is 0 Å². The predicted octanol–water partition coefficient (Wildman–Crippen LogP) is 3.62. The first-order chi connectivity index (χ1) is 8.13. The molecule has 94 valence electrons. The van der Waals surface area contributed by atoms with Gasteiger partial charge in [-0.05, 0) is 44.9 Å². The topological polar surface area (TPSA) is 24.9 Å². The maximum atomic E-state index is 12.8. The second-order valence-corrected chi connectivity index (χ2v) is 4.40. The van der Waals surface area contributed by atoms with Crippen LogP contribution in [0.5, 0.6) is 0 Å². The quantitative estimate of drug-likeness (QED) is 0.731. The SMILES string of the molecule is C=C(C)CCC(NCCC)c1ccc(F)cn1. The van der Waals surface area contributed by atoms with Gasteiger partial charge in [-0.2, -0.15) is 0 Å². The van der Waals surface area contributed by atoms with E-state index in [4.69, 9.17) is 0 Å². The average molecular weight is 236 g/mol. The molecule has 0 spiro atoms. The van der Waals surface area contributed by atoms with Gasteiger partial charge in [0.05, 0.1) is 11.9 Å².